The SMILES string of the molecule is COc1ccc(CCN2C(=O)c3oc4cc(C)c(C)cc4c(=O)c3C2c2ccc(OCc3ccccc3)cc2)cc1. The number of amides is 1. The van der Waals surface area contributed by atoms with Crippen LogP contribution in [0.4, 0.5) is 0 Å². The Morgan fingerprint density at radius 3 is 2.20 bits per heavy atom. The van der Waals surface area contributed by atoms with Crippen LogP contribution in [0.1, 0.15) is 50.0 Å². The fourth-order valence-corrected chi connectivity index (χ4v) is 5.38. The lowest BCUT2D eigenvalue weighted by Gasteiger charge is -2.25. The summed E-state index contributed by atoms with van der Waals surface area (Å²) in [5.74, 6) is 1.33. The minimum absolute atomic E-state index is 0.120. The third kappa shape index (κ3) is 5.09. The standard InChI is InChI=1S/C35H31NO5/c1-22-19-29-30(20-23(22)2)41-34-31(33(29)37)32(36(35(34)38)18-17-24-9-13-27(39-3)14-10-24)26-11-15-28(16-12-26)40-21-25-7-5-4-6-8-25/h4-16,19-20,32H,17-18,21H2,1-3H3. The second-order valence-electron chi connectivity index (χ2n) is 10.4. The fraction of sp³-hybridized carbons (Fsp3) is 0.200. The first-order chi connectivity index (χ1) is 19.9. The molecule has 41 heavy (non-hydrogen) atoms. The molecule has 1 amide bonds. The summed E-state index contributed by atoms with van der Waals surface area (Å²) >= 11 is 0. The molecule has 4 aromatic carbocycles. The molecule has 0 fully saturated rings. The van der Waals surface area contributed by atoms with Gasteiger partial charge in [-0.3, -0.25) is 9.59 Å². The Morgan fingerprint density at radius 2 is 1.49 bits per heavy atom. The molecule has 5 aromatic rings. The number of ether oxygens (including phenoxy) is 2. The maximum atomic E-state index is 14.0. The van der Waals surface area contributed by atoms with Crippen molar-refractivity contribution in [1.82, 2.24) is 4.90 Å². The minimum atomic E-state index is -0.568. The normalized spacial score (nSPS) is 14.4. The highest BCUT2D eigenvalue weighted by atomic mass is 16.5. The summed E-state index contributed by atoms with van der Waals surface area (Å²) in [6, 6.07) is 28.5. The van der Waals surface area contributed by atoms with Gasteiger partial charge in [0.25, 0.3) is 5.91 Å². The lowest BCUT2D eigenvalue weighted by atomic mass is 9.97. The highest BCUT2D eigenvalue weighted by Gasteiger charge is 2.42. The first-order valence-corrected chi connectivity index (χ1v) is 13.7. The Labute approximate surface area is 238 Å². The van der Waals surface area contributed by atoms with Crippen molar-refractivity contribution in [3.63, 3.8) is 0 Å². The number of rotatable bonds is 8. The molecule has 1 aromatic heterocycles. The number of hydrogen-bond acceptors (Lipinski definition) is 5. The molecule has 0 saturated heterocycles. The highest BCUT2D eigenvalue weighted by Crippen LogP contribution is 2.39. The molecule has 2 heterocycles. The predicted octanol–water partition coefficient (Wildman–Crippen LogP) is 6.79. The minimum Gasteiger partial charge on any atom is -0.497 e. The molecule has 6 nitrogen and oxygen atoms in total. The molecule has 1 atom stereocenters. The molecule has 1 aliphatic heterocycles. The number of hydrogen-bond donors (Lipinski definition) is 0. The average molecular weight is 546 g/mol. The van der Waals surface area contributed by atoms with Gasteiger partial charge < -0.3 is 18.8 Å². The van der Waals surface area contributed by atoms with Gasteiger partial charge in [0.05, 0.1) is 24.1 Å². The summed E-state index contributed by atoms with van der Waals surface area (Å²) in [7, 11) is 1.63. The molecule has 6 rings (SSSR count). The average Bonchev–Trinajstić information content (AvgIpc) is 3.28. The van der Waals surface area contributed by atoms with E-state index in [1.807, 2.05) is 105 Å². The van der Waals surface area contributed by atoms with E-state index >= 15 is 0 Å². The maximum absolute atomic E-state index is 14.0. The topological polar surface area (TPSA) is 69.0 Å². The number of aryl methyl sites for hydroxylation is 2. The summed E-state index contributed by atoms with van der Waals surface area (Å²) < 4.78 is 17.4. The molecule has 0 N–H and O–H groups in total. The van der Waals surface area contributed by atoms with E-state index < -0.39 is 6.04 Å². The van der Waals surface area contributed by atoms with Crippen LogP contribution in [0.15, 0.2) is 100 Å². The second-order valence-corrected chi connectivity index (χ2v) is 10.4. The first-order valence-electron chi connectivity index (χ1n) is 13.7. The van der Waals surface area contributed by atoms with E-state index in [2.05, 4.69) is 0 Å². The van der Waals surface area contributed by atoms with E-state index in [4.69, 9.17) is 13.9 Å². The molecule has 0 bridgehead atoms. The van der Waals surface area contributed by atoms with Crippen molar-refractivity contribution < 1.29 is 18.7 Å². The van der Waals surface area contributed by atoms with Crippen LogP contribution in [0.5, 0.6) is 11.5 Å². The van der Waals surface area contributed by atoms with Crippen LogP contribution >= 0.6 is 0 Å². The van der Waals surface area contributed by atoms with Gasteiger partial charge in [0.2, 0.25) is 5.76 Å². The van der Waals surface area contributed by atoms with Crippen molar-refractivity contribution in [1.29, 1.82) is 0 Å². The lowest BCUT2D eigenvalue weighted by molar-refractivity contribution is 0.0730. The third-order valence-electron chi connectivity index (χ3n) is 7.83. The van der Waals surface area contributed by atoms with Crippen LogP contribution in [0, 0.1) is 13.8 Å². The van der Waals surface area contributed by atoms with E-state index in [-0.39, 0.29) is 17.1 Å². The van der Waals surface area contributed by atoms with Gasteiger partial charge in [0.15, 0.2) is 5.43 Å². The molecule has 0 radical (unpaired) electrons. The summed E-state index contributed by atoms with van der Waals surface area (Å²) in [4.78, 5) is 29.5. The van der Waals surface area contributed by atoms with Gasteiger partial charge >= 0.3 is 0 Å². The van der Waals surface area contributed by atoms with Crippen molar-refractivity contribution in [2.24, 2.45) is 0 Å². The molecular formula is C35H31NO5. The van der Waals surface area contributed by atoms with Crippen LogP contribution in [-0.4, -0.2) is 24.5 Å². The Kier molecular flexibility index (Phi) is 7.06. The number of fused-ring (bicyclic) bond motifs is 2. The first kappa shape index (κ1) is 26.4. The van der Waals surface area contributed by atoms with Crippen molar-refractivity contribution in [3.8, 4) is 11.5 Å². The smallest absolute Gasteiger partial charge is 0.290 e. The quantitative estimate of drug-likeness (QED) is 0.215. The van der Waals surface area contributed by atoms with Gasteiger partial charge in [0, 0.05) is 6.54 Å². The van der Waals surface area contributed by atoms with Gasteiger partial charge in [-0.1, -0.05) is 54.6 Å². The number of carbonyl (C=O) groups excluding carboxylic acids is 1. The predicted molar refractivity (Wildman–Crippen MR) is 159 cm³/mol. The molecule has 206 valence electrons. The van der Waals surface area contributed by atoms with Crippen LogP contribution in [0.3, 0.4) is 0 Å². The highest BCUT2D eigenvalue weighted by molar-refractivity contribution is 5.99. The van der Waals surface area contributed by atoms with E-state index in [9.17, 15) is 9.59 Å². The van der Waals surface area contributed by atoms with E-state index in [1.54, 1.807) is 12.0 Å². The third-order valence-corrected chi connectivity index (χ3v) is 7.83. The Hall–Kier alpha value is -4.84. The van der Waals surface area contributed by atoms with Gasteiger partial charge in [-0.2, -0.15) is 0 Å². The molecule has 1 aliphatic rings. The zero-order chi connectivity index (χ0) is 28.5. The molecule has 0 aliphatic carbocycles. The Morgan fingerprint density at radius 1 is 0.805 bits per heavy atom. The second kappa shape index (κ2) is 11.0. The number of benzene rings is 4. The number of methoxy groups -OCH3 is 1. The summed E-state index contributed by atoms with van der Waals surface area (Å²) in [6.07, 6.45) is 0.615. The van der Waals surface area contributed by atoms with Crippen LogP contribution < -0.4 is 14.9 Å². The van der Waals surface area contributed by atoms with Crippen molar-refractivity contribution >= 4 is 16.9 Å². The number of nitrogens with zero attached hydrogens (tertiary/aromatic N) is 1. The Bertz CT molecular complexity index is 1770. The summed E-state index contributed by atoms with van der Waals surface area (Å²) in [5, 5.41) is 0.490. The molecule has 0 saturated carbocycles. The molecule has 0 spiro atoms. The van der Waals surface area contributed by atoms with E-state index in [0.29, 0.717) is 41.9 Å². The largest absolute Gasteiger partial charge is 0.497 e. The lowest BCUT2D eigenvalue weighted by Crippen LogP contribution is -2.31. The summed E-state index contributed by atoms with van der Waals surface area (Å²) in [5.41, 5.74) is 5.63. The Balaban J connectivity index is 1.36. The van der Waals surface area contributed by atoms with Crippen molar-refractivity contribution in [2.75, 3.05) is 13.7 Å². The maximum Gasteiger partial charge on any atom is 0.290 e. The summed E-state index contributed by atoms with van der Waals surface area (Å²) in [6.45, 7) is 4.81. The molecular weight excluding hydrogens is 514 g/mol. The van der Waals surface area contributed by atoms with E-state index in [0.717, 1.165) is 33.6 Å². The zero-order valence-electron chi connectivity index (χ0n) is 23.3. The number of carbonyl (C=O) groups is 1. The molecule has 1 unspecified atom stereocenters. The van der Waals surface area contributed by atoms with Gasteiger partial charge in [-0.05, 0) is 84.5 Å². The van der Waals surface area contributed by atoms with Crippen LogP contribution in [0.2, 0.25) is 0 Å². The monoisotopic (exact) mass is 545 g/mol. The fourth-order valence-electron chi connectivity index (χ4n) is 5.38. The van der Waals surface area contributed by atoms with Crippen LogP contribution in [0.25, 0.3) is 11.0 Å². The van der Waals surface area contributed by atoms with E-state index in [1.165, 1.54) is 0 Å². The van der Waals surface area contributed by atoms with Gasteiger partial charge in [0.1, 0.15) is 23.7 Å². The van der Waals surface area contributed by atoms with Gasteiger partial charge in [-0.15, -0.1) is 0 Å². The van der Waals surface area contributed by atoms with Crippen LogP contribution in [-0.2, 0) is 13.0 Å². The van der Waals surface area contributed by atoms with Crippen molar-refractivity contribution in [3.05, 3.63) is 140 Å². The van der Waals surface area contributed by atoms with Gasteiger partial charge in [-0.25, -0.2) is 0 Å². The van der Waals surface area contributed by atoms with Crippen molar-refractivity contribution in [2.45, 2.75) is 32.9 Å². The zero-order valence-corrected chi connectivity index (χ0v) is 23.3. The molecule has 6 heteroatoms.